The van der Waals surface area contributed by atoms with Crippen molar-refractivity contribution < 1.29 is 0 Å². The summed E-state index contributed by atoms with van der Waals surface area (Å²) >= 11 is 1.56. The van der Waals surface area contributed by atoms with Gasteiger partial charge in [-0.25, -0.2) is 4.98 Å². The van der Waals surface area contributed by atoms with Gasteiger partial charge in [-0.2, -0.15) is 0 Å². The number of nitrogens with zero attached hydrogens (tertiary/aromatic N) is 2. The molecule has 1 heterocycles. The fraction of sp³-hybridized carbons (Fsp3) is 0.667. The van der Waals surface area contributed by atoms with Gasteiger partial charge < -0.3 is 10.6 Å². The molecule has 72 valence electrons. The number of anilines is 2. The average Bonchev–Trinajstić information content (AvgIpc) is 2.87. The molecule has 3 nitrogen and oxygen atoms in total. The lowest BCUT2D eigenvalue weighted by Crippen LogP contribution is -2.30. The maximum atomic E-state index is 5.64. The molecular weight excluding hydrogens is 182 g/mol. The number of thiazole rings is 1. The van der Waals surface area contributed by atoms with E-state index in [1.807, 2.05) is 0 Å². The summed E-state index contributed by atoms with van der Waals surface area (Å²) in [6.45, 7) is 2.26. The lowest BCUT2D eigenvalue weighted by Gasteiger charge is -2.23. The molecule has 0 bridgehead atoms. The molecule has 1 saturated carbocycles. The lowest BCUT2D eigenvalue weighted by atomic mass is 10.2. The summed E-state index contributed by atoms with van der Waals surface area (Å²) in [5.41, 5.74) is 5.64. The summed E-state index contributed by atoms with van der Waals surface area (Å²) in [7, 11) is 2.10. The van der Waals surface area contributed by atoms with E-state index in [0.29, 0.717) is 6.04 Å². The first kappa shape index (κ1) is 8.81. The Balaban J connectivity index is 2.06. The third-order valence-corrected chi connectivity index (χ3v) is 3.65. The molecular formula is C9H15N3S. The summed E-state index contributed by atoms with van der Waals surface area (Å²) in [6.07, 6.45) is 4.47. The standard InChI is InChI=1S/C9H15N3S/c1-6(7-3-4-7)12(2)9-11-5-8(10)13-9/h5-7H,3-4,10H2,1-2H3. The van der Waals surface area contributed by atoms with Crippen LogP contribution in [0.5, 0.6) is 0 Å². The molecule has 1 aliphatic rings. The van der Waals surface area contributed by atoms with Crippen LogP contribution in [-0.2, 0) is 0 Å². The smallest absolute Gasteiger partial charge is 0.187 e. The van der Waals surface area contributed by atoms with Crippen molar-refractivity contribution in [3.8, 4) is 0 Å². The van der Waals surface area contributed by atoms with E-state index < -0.39 is 0 Å². The minimum Gasteiger partial charge on any atom is -0.389 e. The molecule has 0 amide bonds. The van der Waals surface area contributed by atoms with Crippen LogP contribution in [0.4, 0.5) is 10.1 Å². The van der Waals surface area contributed by atoms with Crippen LogP contribution >= 0.6 is 11.3 Å². The molecule has 2 N–H and O–H groups in total. The van der Waals surface area contributed by atoms with Crippen LogP contribution in [0.15, 0.2) is 6.20 Å². The molecule has 0 aromatic carbocycles. The van der Waals surface area contributed by atoms with Crippen molar-refractivity contribution in [1.29, 1.82) is 0 Å². The number of hydrogen-bond donors (Lipinski definition) is 1. The Labute approximate surface area is 82.6 Å². The first-order chi connectivity index (χ1) is 6.18. The highest BCUT2D eigenvalue weighted by molar-refractivity contribution is 7.19. The zero-order valence-electron chi connectivity index (χ0n) is 8.03. The zero-order chi connectivity index (χ0) is 9.42. The SMILES string of the molecule is CC(C1CC1)N(C)c1ncc(N)s1. The molecule has 0 aliphatic heterocycles. The minimum atomic E-state index is 0.602. The molecule has 4 heteroatoms. The summed E-state index contributed by atoms with van der Waals surface area (Å²) in [6, 6.07) is 0.602. The van der Waals surface area contributed by atoms with Gasteiger partial charge in [-0.05, 0) is 25.7 Å². The van der Waals surface area contributed by atoms with E-state index in [0.717, 1.165) is 16.1 Å². The maximum absolute atomic E-state index is 5.64. The van der Waals surface area contributed by atoms with Crippen molar-refractivity contribution >= 4 is 21.5 Å². The van der Waals surface area contributed by atoms with E-state index in [9.17, 15) is 0 Å². The van der Waals surface area contributed by atoms with Crippen molar-refractivity contribution in [3.05, 3.63) is 6.20 Å². The molecule has 1 unspecified atom stereocenters. The van der Waals surface area contributed by atoms with Crippen molar-refractivity contribution in [2.24, 2.45) is 5.92 Å². The number of hydrogen-bond acceptors (Lipinski definition) is 4. The third-order valence-electron chi connectivity index (χ3n) is 2.73. The molecule has 13 heavy (non-hydrogen) atoms. The Kier molecular flexibility index (Phi) is 2.15. The monoisotopic (exact) mass is 197 g/mol. The fourth-order valence-corrected chi connectivity index (χ4v) is 2.24. The number of nitrogen functional groups attached to an aromatic ring is 1. The topological polar surface area (TPSA) is 42.2 Å². The Bertz CT molecular complexity index is 293. The highest BCUT2D eigenvalue weighted by atomic mass is 32.1. The van der Waals surface area contributed by atoms with Gasteiger partial charge in [0.15, 0.2) is 5.13 Å². The van der Waals surface area contributed by atoms with E-state index in [4.69, 9.17) is 5.73 Å². The average molecular weight is 197 g/mol. The maximum Gasteiger partial charge on any atom is 0.187 e. The summed E-state index contributed by atoms with van der Waals surface area (Å²) in [4.78, 5) is 6.50. The van der Waals surface area contributed by atoms with Crippen LogP contribution < -0.4 is 10.6 Å². The Morgan fingerprint density at radius 2 is 2.38 bits per heavy atom. The molecule has 1 aromatic rings. The normalized spacial score (nSPS) is 18.6. The molecule has 1 atom stereocenters. The van der Waals surface area contributed by atoms with Crippen LogP contribution in [0.25, 0.3) is 0 Å². The molecule has 2 rings (SSSR count). The Morgan fingerprint density at radius 1 is 1.69 bits per heavy atom. The van der Waals surface area contributed by atoms with Gasteiger partial charge in [0.2, 0.25) is 0 Å². The van der Waals surface area contributed by atoms with E-state index in [1.54, 1.807) is 17.5 Å². The number of rotatable bonds is 3. The molecule has 1 aliphatic carbocycles. The number of aromatic nitrogens is 1. The third kappa shape index (κ3) is 1.77. The summed E-state index contributed by atoms with van der Waals surface area (Å²) in [5.74, 6) is 0.870. The summed E-state index contributed by atoms with van der Waals surface area (Å²) in [5, 5.41) is 1.83. The van der Waals surface area contributed by atoms with Gasteiger partial charge >= 0.3 is 0 Å². The zero-order valence-corrected chi connectivity index (χ0v) is 8.84. The minimum absolute atomic E-state index is 0.602. The molecule has 1 aromatic heterocycles. The fourth-order valence-electron chi connectivity index (χ4n) is 1.51. The van der Waals surface area contributed by atoms with Crippen LogP contribution in [-0.4, -0.2) is 18.1 Å². The van der Waals surface area contributed by atoms with Gasteiger partial charge in [-0.1, -0.05) is 11.3 Å². The quantitative estimate of drug-likeness (QED) is 0.805. The van der Waals surface area contributed by atoms with Crippen molar-refractivity contribution in [2.75, 3.05) is 17.7 Å². The Morgan fingerprint density at radius 3 is 2.85 bits per heavy atom. The number of nitrogens with two attached hydrogens (primary N) is 1. The van der Waals surface area contributed by atoms with Crippen LogP contribution in [0.3, 0.4) is 0 Å². The van der Waals surface area contributed by atoms with Crippen LogP contribution in [0.1, 0.15) is 19.8 Å². The van der Waals surface area contributed by atoms with E-state index in [1.165, 1.54) is 12.8 Å². The highest BCUT2D eigenvalue weighted by Crippen LogP contribution is 2.37. The first-order valence-electron chi connectivity index (χ1n) is 4.62. The van der Waals surface area contributed by atoms with E-state index in [-0.39, 0.29) is 0 Å². The van der Waals surface area contributed by atoms with Gasteiger partial charge in [-0.15, -0.1) is 0 Å². The lowest BCUT2D eigenvalue weighted by molar-refractivity contribution is 0.608. The second-order valence-electron chi connectivity index (χ2n) is 3.73. The van der Waals surface area contributed by atoms with Crippen molar-refractivity contribution in [1.82, 2.24) is 4.98 Å². The first-order valence-corrected chi connectivity index (χ1v) is 5.44. The van der Waals surface area contributed by atoms with Gasteiger partial charge in [0.25, 0.3) is 0 Å². The predicted octanol–water partition coefficient (Wildman–Crippen LogP) is 1.96. The van der Waals surface area contributed by atoms with Gasteiger partial charge in [-0.3, -0.25) is 0 Å². The molecule has 0 saturated heterocycles. The van der Waals surface area contributed by atoms with Gasteiger partial charge in [0.05, 0.1) is 6.20 Å². The van der Waals surface area contributed by atoms with E-state index in [2.05, 4.69) is 23.9 Å². The summed E-state index contributed by atoms with van der Waals surface area (Å²) < 4.78 is 0. The van der Waals surface area contributed by atoms with Crippen LogP contribution in [0.2, 0.25) is 0 Å². The second-order valence-corrected chi connectivity index (χ2v) is 4.77. The van der Waals surface area contributed by atoms with Gasteiger partial charge in [0, 0.05) is 13.1 Å². The van der Waals surface area contributed by atoms with Crippen molar-refractivity contribution in [2.45, 2.75) is 25.8 Å². The van der Waals surface area contributed by atoms with Crippen LogP contribution in [0, 0.1) is 5.92 Å². The molecule has 1 fully saturated rings. The van der Waals surface area contributed by atoms with Gasteiger partial charge in [0.1, 0.15) is 5.00 Å². The second kappa shape index (κ2) is 3.18. The predicted molar refractivity (Wildman–Crippen MR) is 57.1 cm³/mol. The largest absolute Gasteiger partial charge is 0.389 e. The molecule has 0 spiro atoms. The van der Waals surface area contributed by atoms with Crippen molar-refractivity contribution in [3.63, 3.8) is 0 Å². The molecule has 0 radical (unpaired) electrons. The highest BCUT2D eigenvalue weighted by Gasteiger charge is 2.31. The Hall–Kier alpha value is -0.770. The van der Waals surface area contributed by atoms with E-state index >= 15 is 0 Å².